The molecule has 0 saturated carbocycles. The van der Waals surface area contributed by atoms with Gasteiger partial charge in [0.1, 0.15) is 17.6 Å². The number of piperazine rings is 1. The molecule has 1 fully saturated rings. The van der Waals surface area contributed by atoms with Crippen LogP contribution in [-0.4, -0.2) is 64.6 Å². The Morgan fingerprint density at radius 1 is 1.13 bits per heavy atom. The fourth-order valence-electron chi connectivity index (χ4n) is 4.17. The predicted molar refractivity (Wildman–Crippen MR) is 119 cm³/mol. The third kappa shape index (κ3) is 3.37. The fraction of sp³-hybridized carbons (Fsp3) is 0.429. The Kier molecular flexibility index (Phi) is 5.00. The molecule has 156 valence electrons. The summed E-state index contributed by atoms with van der Waals surface area (Å²) >= 11 is 1.38. The minimum absolute atomic E-state index is 0.0154. The third-order valence-electron chi connectivity index (χ3n) is 5.96. The highest BCUT2D eigenvalue weighted by molar-refractivity contribution is 7.22. The van der Waals surface area contributed by atoms with Crippen LogP contribution < -0.4 is 15.4 Å². The topological polar surface area (TPSA) is 74.6 Å². The smallest absolute Gasteiger partial charge is 0.273 e. The van der Waals surface area contributed by atoms with Crippen LogP contribution in [-0.2, 0) is 17.8 Å². The van der Waals surface area contributed by atoms with Crippen molar-refractivity contribution in [1.82, 2.24) is 19.4 Å². The van der Waals surface area contributed by atoms with Crippen molar-refractivity contribution in [2.24, 2.45) is 0 Å². The Hall–Kier alpha value is -2.78. The van der Waals surface area contributed by atoms with Crippen molar-refractivity contribution in [1.29, 1.82) is 0 Å². The number of thiazole rings is 1. The van der Waals surface area contributed by atoms with Crippen LogP contribution in [0.15, 0.2) is 35.4 Å². The summed E-state index contributed by atoms with van der Waals surface area (Å²) in [6.45, 7) is 7.64. The van der Waals surface area contributed by atoms with Gasteiger partial charge in [-0.3, -0.25) is 14.2 Å². The maximum atomic E-state index is 13.0. The minimum atomic E-state index is -0.197. The summed E-state index contributed by atoms with van der Waals surface area (Å²) in [4.78, 5) is 41.2. The van der Waals surface area contributed by atoms with Crippen LogP contribution >= 0.6 is 11.3 Å². The molecule has 4 heterocycles. The second kappa shape index (κ2) is 7.81. The lowest BCUT2D eigenvalue weighted by atomic mass is 10.2. The van der Waals surface area contributed by atoms with Crippen molar-refractivity contribution in [2.75, 3.05) is 49.1 Å². The van der Waals surface area contributed by atoms with E-state index in [1.54, 1.807) is 4.90 Å². The Morgan fingerprint density at radius 3 is 2.73 bits per heavy atom. The van der Waals surface area contributed by atoms with Crippen LogP contribution in [0.5, 0.6) is 0 Å². The highest BCUT2D eigenvalue weighted by atomic mass is 32.1. The van der Waals surface area contributed by atoms with Gasteiger partial charge in [0.2, 0.25) is 5.91 Å². The Morgan fingerprint density at radius 2 is 1.93 bits per heavy atom. The Balaban J connectivity index is 1.37. The zero-order chi connectivity index (χ0) is 20.7. The largest absolute Gasteiger partial charge is 0.345 e. The van der Waals surface area contributed by atoms with Gasteiger partial charge in [-0.25, -0.2) is 4.98 Å². The van der Waals surface area contributed by atoms with Gasteiger partial charge in [0.25, 0.3) is 5.56 Å². The molecule has 0 aliphatic carbocycles. The van der Waals surface area contributed by atoms with Crippen LogP contribution in [0, 0.1) is 0 Å². The van der Waals surface area contributed by atoms with E-state index in [2.05, 4.69) is 26.7 Å². The molecular formula is C21H24N6O2S. The average Bonchev–Trinajstić information content (AvgIpc) is 3.41. The predicted octanol–water partition coefficient (Wildman–Crippen LogP) is 1.58. The number of para-hydroxylation sites is 1. The number of nitrogens with zero attached hydrogens (tertiary/aromatic N) is 6. The maximum absolute atomic E-state index is 13.0. The molecule has 0 unspecified atom stereocenters. The molecule has 9 heteroatoms. The molecular weight excluding hydrogens is 400 g/mol. The van der Waals surface area contributed by atoms with Gasteiger partial charge < -0.3 is 14.7 Å². The van der Waals surface area contributed by atoms with Gasteiger partial charge >= 0.3 is 0 Å². The molecule has 8 nitrogen and oxygen atoms in total. The number of aromatic nitrogens is 3. The van der Waals surface area contributed by atoms with Gasteiger partial charge in [0, 0.05) is 38.4 Å². The molecule has 2 aromatic heterocycles. The molecule has 0 spiro atoms. The fourth-order valence-corrected chi connectivity index (χ4v) is 5.19. The molecule has 0 atom stereocenters. The van der Waals surface area contributed by atoms with Gasteiger partial charge in [-0.2, -0.15) is 4.98 Å². The number of hydrogen-bond donors (Lipinski definition) is 0. The molecule has 0 bridgehead atoms. The van der Waals surface area contributed by atoms with Crippen molar-refractivity contribution < 1.29 is 4.79 Å². The van der Waals surface area contributed by atoms with Gasteiger partial charge in [0.05, 0.1) is 0 Å². The van der Waals surface area contributed by atoms with Crippen LogP contribution in [0.25, 0.3) is 10.3 Å². The summed E-state index contributed by atoms with van der Waals surface area (Å²) < 4.78 is 1.92. The number of benzene rings is 1. The van der Waals surface area contributed by atoms with Crippen molar-refractivity contribution in [3.05, 3.63) is 46.5 Å². The van der Waals surface area contributed by atoms with Crippen molar-refractivity contribution in [3.63, 3.8) is 0 Å². The highest BCUT2D eigenvalue weighted by Crippen LogP contribution is 2.28. The first kappa shape index (κ1) is 19.2. The van der Waals surface area contributed by atoms with E-state index in [1.165, 1.54) is 27.8 Å². The summed E-state index contributed by atoms with van der Waals surface area (Å²) in [5.41, 5.74) is 2.38. The molecule has 5 rings (SSSR count). The van der Waals surface area contributed by atoms with E-state index in [1.807, 2.05) is 24.3 Å². The molecule has 3 aromatic rings. The lowest BCUT2D eigenvalue weighted by Gasteiger charge is -2.33. The minimum Gasteiger partial charge on any atom is -0.345 e. The van der Waals surface area contributed by atoms with Crippen molar-refractivity contribution in [2.45, 2.75) is 19.9 Å². The summed E-state index contributed by atoms with van der Waals surface area (Å²) in [6, 6.07) is 7.92. The molecule has 1 saturated heterocycles. The summed E-state index contributed by atoms with van der Waals surface area (Å²) in [5, 5.41) is 0.836. The number of rotatable bonds is 4. The molecule has 1 aromatic carbocycles. The maximum Gasteiger partial charge on any atom is 0.273 e. The number of likely N-dealkylation sites (N-methyl/N-ethyl adjacent to an activating group) is 1. The highest BCUT2D eigenvalue weighted by Gasteiger charge is 2.25. The first-order chi connectivity index (χ1) is 14.6. The quantitative estimate of drug-likeness (QED) is 0.633. The third-order valence-corrected chi connectivity index (χ3v) is 7.05. The van der Waals surface area contributed by atoms with Gasteiger partial charge in [0.15, 0.2) is 10.8 Å². The number of fused-ring (bicyclic) bond motifs is 2. The number of hydrogen-bond acceptors (Lipinski definition) is 7. The van der Waals surface area contributed by atoms with Gasteiger partial charge in [-0.05, 0) is 24.6 Å². The van der Waals surface area contributed by atoms with Crippen LogP contribution in [0.1, 0.15) is 12.5 Å². The molecule has 0 radical (unpaired) electrons. The first-order valence-corrected chi connectivity index (χ1v) is 11.2. The summed E-state index contributed by atoms with van der Waals surface area (Å²) in [7, 11) is 0. The van der Waals surface area contributed by atoms with E-state index >= 15 is 0 Å². The standard InChI is InChI=1S/C21H24N6O2S/c1-2-24-9-11-25(12-10-24)21-23-19-18(30-21)20(29)26(14-22-19)13-17(28)27-8-7-15-5-3-4-6-16(15)27/h3-6,14H,2,7-13H2,1H3. The molecule has 1 amide bonds. The number of anilines is 2. The lowest BCUT2D eigenvalue weighted by molar-refractivity contribution is -0.119. The Bertz CT molecular complexity index is 1150. The summed E-state index contributed by atoms with van der Waals surface area (Å²) in [5.74, 6) is -0.0939. The van der Waals surface area contributed by atoms with Gasteiger partial charge in [-0.1, -0.05) is 36.5 Å². The second-order valence-corrected chi connectivity index (χ2v) is 8.65. The molecule has 0 N–H and O–H groups in total. The molecule has 2 aliphatic heterocycles. The first-order valence-electron chi connectivity index (χ1n) is 10.4. The van der Waals surface area contributed by atoms with Crippen LogP contribution in [0.4, 0.5) is 10.8 Å². The van der Waals surface area contributed by atoms with E-state index in [-0.39, 0.29) is 18.0 Å². The zero-order valence-corrected chi connectivity index (χ0v) is 17.8. The Labute approximate surface area is 178 Å². The monoisotopic (exact) mass is 424 g/mol. The van der Waals surface area contributed by atoms with E-state index < -0.39 is 0 Å². The summed E-state index contributed by atoms with van der Waals surface area (Å²) in [6.07, 6.45) is 2.29. The second-order valence-electron chi connectivity index (χ2n) is 7.67. The van der Waals surface area contributed by atoms with E-state index in [4.69, 9.17) is 0 Å². The van der Waals surface area contributed by atoms with Gasteiger partial charge in [-0.15, -0.1) is 0 Å². The SMILES string of the molecule is CCN1CCN(c2nc3ncn(CC(=O)N4CCc5ccccc54)c(=O)c3s2)CC1. The van der Waals surface area contributed by atoms with Crippen molar-refractivity contribution in [3.8, 4) is 0 Å². The number of carbonyl (C=O) groups is 1. The van der Waals surface area contributed by atoms with Crippen LogP contribution in [0.2, 0.25) is 0 Å². The lowest BCUT2D eigenvalue weighted by Crippen LogP contribution is -2.46. The number of carbonyl (C=O) groups excluding carboxylic acids is 1. The van der Waals surface area contributed by atoms with E-state index in [9.17, 15) is 9.59 Å². The normalized spacial score (nSPS) is 17.0. The zero-order valence-electron chi connectivity index (χ0n) is 17.0. The molecule has 30 heavy (non-hydrogen) atoms. The van der Waals surface area contributed by atoms with Crippen molar-refractivity contribution >= 4 is 38.4 Å². The van der Waals surface area contributed by atoms with E-state index in [0.717, 1.165) is 50.0 Å². The molecule has 2 aliphatic rings. The number of amides is 1. The van der Waals surface area contributed by atoms with E-state index in [0.29, 0.717) is 16.9 Å². The average molecular weight is 425 g/mol. The van der Waals surface area contributed by atoms with Crippen LogP contribution in [0.3, 0.4) is 0 Å².